The maximum atomic E-state index is 13.9. The molecule has 1 N–H and O–H groups in total. The van der Waals surface area contributed by atoms with Crippen molar-refractivity contribution in [3.05, 3.63) is 64.7 Å². The largest absolute Gasteiger partial charge is 0.305 e. The second-order valence-corrected chi connectivity index (χ2v) is 4.69. The minimum absolute atomic E-state index is 0.323. The number of halogens is 2. The van der Waals surface area contributed by atoms with Crippen LogP contribution in [0.2, 0.25) is 5.02 Å². The standard InChI is InChI=1S/C15H16ClFN2/c1-2-9-18-14(11-6-3-4-7-12(11)16)15-13(17)8-5-10-19-15/h3-8,10,14,18H,2,9H2,1H3. The molecule has 0 saturated heterocycles. The summed E-state index contributed by atoms with van der Waals surface area (Å²) in [5, 5.41) is 3.91. The smallest absolute Gasteiger partial charge is 0.146 e. The van der Waals surface area contributed by atoms with E-state index in [4.69, 9.17) is 11.6 Å². The molecule has 1 atom stereocenters. The Bertz CT molecular complexity index is 500. The van der Waals surface area contributed by atoms with Gasteiger partial charge in [0.1, 0.15) is 5.82 Å². The van der Waals surface area contributed by atoms with E-state index in [2.05, 4.69) is 17.2 Å². The van der Waals surface area contributed by atoms with Gasteiger partial charge >= 0.3 is 0 Å². The molecule has 1 aromatic heterocycles. The van der Waals surface area contributed by atoms with E-state index in [-0.39, 0.29) is 11.9 Å². The van der Waals surface area contributed by atoms with E-state index in [0.717, 1.165) is 18.5 Å². The molecule has 0 aliphatic heterocycles. The Balaban J connectivity index is 2.42. The highest BCUT2D eigenvalue weighted by atomic mass is 35.5. The van der Waals surface area contributed by atoms with Crippen LogP contribution < -0.4 is 5.32 Å². The van der Waals surface area contributed by atoms with Gasteiger partial charge in [-0.05, 0) is 36.7 Å². The van der Waals surface area contributed by atoms with Crippen molar-refractivity contribution in [3.8, 4) is 0 Å². The maximum absolute atomic E-state index is 13.9. The molecule has 0 radical (unpaired) electrons. The molecule has 0 aliphatic carbocycles. The number of rotatable bonds is 5. The molecule has 1 aromatic carbocycles. The Hall–Kier alpha value is -1.45. The van der Waals surface area contributed by atoms with E-state index in [1.54, 1.807) is 18.3 Å². The van der Waals surface area contributed by atoms with Crippen LogP contribution in [0, 0.1) is 5.82 Å². The number of pyridine rings is 1. The fourth-order valence-electron chi connectivity index (χ4n) is 1.96. The molecule has 19 heavy (non-hydrogen) atoms. The fourth-order valence-corrected chi connectivity index (χ4v) is 2.21. The summed E-state index contributed by atoms with van der Waals surface area (Å²) in [7, 11) is 0. The molecule has 2 nitrogen and oxygen atoms in total. The van der Waals surface area contributed by atoms with Crippen molar-refractivity contribution < 1.29 is 4.39 Å². The Kier molecular flexibility index (Phi) is 4.88. The zero-order valence-electron chi connectivity index (χ0n) is 10.7. The lowest BCUT2D eigenvalue weighted by atomic mass is 10.0. The average Bonchev–Trinajstić information content (AvgIpc) is 2.42. The van der Waals surface area contributed by atoms with Crippen molar-refractivity contribution in [2.24, 2.45) is 0 Å². The zero-order valence-corrected chi connectivity index (χ0v) is 11.5. The van der Waals surface area contributed by atoms with Gasteiger partial charge in [-0.25, -0.2) is 4.39 Å². The normalized spacial score (nSPS) is 12.4. The molecule has 2 aromatic rings. The van der Waals surface area contributed by atoms with Gasteiger partial charge in [0.2, 0.25) is 0 Å². The third kappa shape index (κ3) is 3.31. The van der Waals surface area contributed by atoms with Gasteiger partial charge in [0, 0.05) is 11.2 Å². The third-order valence-corrected chi connectivity index (χ3v) is 3.22. The quantitative estimate of drug-likeness (QED) is 0.895. The lowest BCUT2D eigenvalue weighted by molar-refractivity contribution is 0.531. The second-order valence-electron chi connectivity index (χ2n) is 4.28. The second kappa shape index (κ2) is 6.64. The maximum Gasteiger partial charge on any atom is 0.146 e. The number of aromatic nitrogens is 1. The van der Waals surface area contributed by atoms with E-state index in [1.165, 1.54) is 6.07 Å². The van der Waals surface area contributed by atoms with Gasteiger partial charge in [0.15, 0.2) is 0 Å². The monoisotopic (exact) mass is 278 g/mol. The van der Waals surface area contributed by atoms with Crippen LogP contribution in [0.4, 0.5) is 4.39 Å². The van der Waals surface area contributed by atoms with Crippen molar-refractivity contribution >= 4 is 11.6 Å². The molecule has 100 valence electrons. The number of hydrogen-bond acceptors (Lipinski definition) is 2. The highest BCUT2D eigenvalue weighted by Crippen LogP contribution is 2.28. The van der Waals surface area contributed by atoms with Crippen LogP contribution in [0.25, 0.3) is 0 Å². The predicted octanol–water partition coefficient (Wildman–Crippen LogP) is 3.96. The summed E-state index contributed by atoms with van der Waals surface area (Å²) in [5.41, 5.74) is 1.22. The minimum Gasteiger partial charge on any atom is -0.305 e. The van der Waals surface area contributed by atoms with E-state index in [0.29, 0.717) is 10.7 Å². The van der Waals surface area contributed by atoms with Crippen LogP contribution in [0.15, 0.2) is 42.6 Å². The van der Waals surface area contributed by atoms with Crippen LogP contribution in [0.1, 0.15) is 30.6 Å². The molecule has 0 bridgehead atoms. The summed E-state index contributed by atoms with van der Waals surface area (Å²) in [5.74, 6) is -0.323. The highest BCUT2D eigenvalue weighted by molar-refractivity contribution is 6.31. The molecule has 0 aliphatic rings. The molecule has 0 spiro atoms. The first-order valence-electron chi connectivity index (χ1n) is 6.32. The van der Waals surface area contributed by atoms with Crippen molar-refractivity contribution in [1.29, 1.82) is 0 Å². The Morgan fingerprint density at radius 2 is 2.05 bits per heavy atom. The van der Waals surface area contributed by atoms with Crippen LogP contribution in [0.3, 0.4) is 0 Å². The highest BCUT2D eigenvalue weighted by Gasteiger charge is 2.20. The van der Waals surface area contributed by atoms with Gasteiger partial charge < -0.3 is 5.32 Å². The van der Waals surface area contributed by atoms with Gasteiger partial charge in [-0.3, -0.25) is 4.98 Å². The Labute approximate surface area is 117 Å². The molecule has 0 fully saturated rings. The summed E-state index contributed by atoms with van der Waals surface area (Å²) in [4.78, 5) is 4.15. The Morgan fingerprint density at radius 1 is 1.26 bits per heavy atom. The van der Waals surface area contributed by atoms with Crippen LogP contribution in [0.5, 0.6) is 0 Å². The van der Waals surface area contributed by atoms with Crippen molar-refractivity contribution in [1.82, 2.24) is 10.3 Å². The number of benzene rings is 1. The van der Waals surface area contributed by atoms with E-state index in [1.807, 2.05) is 18.2 Å². The molecular formula is C15H16ClFN2. The molecule has 0 saturated carbocycles. The fraction of sp³-hybridized carbons (Fsp3) is 0.267. The minimum atomic E-state index is -0.324. The average molecular weight is 279 g/mol. The SMILES string of the molecule is CCCNC(c1ccccc1Cl)c1ncccc1F. The first kappa shape index (κ1) is 14.0. The van der Waals surface area contributed by atoms with Crippen molar-refractivity contribution in [2.75, 3.05) is 6.54 Å². The molecule has 2 rings (SSSR count). The first-order valence-corrected chi connectivity index (χ1v) is 6.70. The van der Waals surface area contributed by atoms with Crippen LogP contribution >= 0.6 is 11.6 Å². The third-order valence-electron chi connectivity index (χ3n) is 2.88. The van der Waals surface area contributed by atoms with Gasteiger partial charge in [0.05, 0.1) is 11.7 Å². The van der Waals surface area contributed by atoms with E-state index < -0.39 is 0 Å². The van der Waals surface area contributed by atoms with Crippen LogP contribution in [-0.2, 0) is 0 Å². The lowest BCUT2D eigenvalue weighted by Crippen LogP contribution is -2.25. The van der Waals surface area contributed by atoms with Crippen molar-refractivity contribution in [2.45, 2.75) is 19.4 Å². The first-order chi connectivity index (χ1) is 9.24. The number of hydrogen-bond donors (Lipinski definition) is 1. The number of nitrogens with zero attached hydrogens (tertiary/aromatic N) is 1. The summed E-state index contributed by atoms with van der Waals surface area (Å²) < 4.78 is 13.9. The molecule has 0 amide bonds. The van der Waals surface area contributed by atoms with Crippen molar-refractivity contribution in [3.63, 3.8) is 0 Å². The van der Waals surface area contributed by atoms with Gasteiger partial charge in [-0.15, -0.1) is 0 Å². The van der Waals surface area contributed by atoms with E-state index >= 15 is 0 Å². The topological polar surface area (TPSA) is 24.9 Å². The molecule has 1 unspecified atom stereocenters. The summed E-state index contributed by atoms with van der Waals surface area (Å²) in [6, 6.07) is 10.1. The molecule has 1 heterocycles. The zero-order chi connectivity index (χ0) is 13.7. The lowest BCUT2D eigenvalue weighted by Gasteiger charge is -2.20. The van der Waals surface area contributed by atoms with Crippen LogP contribution in [-0.4, -0.2) is 11.5 Å². The van der Waals surface area contributed by atoms with Gasteiger partial charge in [0.25, 0.3) is 0 Å². The summed E-state index contributed by atoms with van der Waals surface area (Å²) in [6.07, 6.45) is 2.55. The molecule has 4 heteroatoms. The Morgan fingerprint density at radius 3 is 2.74 bits per heavy atom. The predicted molar refractivity (Wildman–Crippen MR) is 75.8 cm³/mol. The van der Waals surface area contributed by atoms with Gasteiger partial charge in [-0.2, -0.15) is 0 Å². The van der Waals surface area contributed by atoms with Gasteiger partial charge in [-0.1, -0.05) is 36.7 Å². The molecular weight excluding hydrogens is 263 g/mol. The number of nitrogens with one attached hydrogen (secondary N) is 1. The summed E-state index contributed by atoms with van der Waals surface area (Å²) >= 11 is 6.21. The summed E-state index contributed by atoms with van der Waals surface area (Å²) in [6.45, 7) is 2.83. The van der Waals surface area contributed by atoms with E-state index in [9.17, 15) is 4.39 Å².